The summed E-state index contributed by atoms with van der Waals surface area (Å²) in [5.41, 5.74) is 5.69. The van der Waals surface area contributed by atoms with Gasteiger partial charge in [-0.15, -0.1) is 0 Å². The van der Waals surface area contributed by atoms with Crippen molar-refractivity contribution < 1.29 is 8.42 Å². The lowest BCUT2D eigenvalue weighted by Crippen LogP contribution is -2.30. The molecular weight excluding hydrogens is 315 g/mol. The molecule has 1 aromatic carbocycles. The van der Waals surface area contributed by atoms with Crippen LogP contribution in [0.1, 0.15) is 6.92 Å². The summed E-state index contributed by atoms with van der Waals surface area (Å²) in [7, 11) is -3.72. The third-order valence-corrected chi connectivity index (χ3v) is 5.41. The summed E-state index contributed by atoms with van der Waals surface area (Å²) in [6, 6.07) is 2.71. The topological polar surface area (TPSA) is 72.2 Å². The van der Waals surface area contributed by atoms with E-state index in [0.717, 1.165) is 0 Å². The normalized spacial score (nSPS) is 13.6. The minimum Gasteiger partial charge on any atom is -0.398 e. The van der Waals surface area contributed by atoms with Crippen molar-refractivity contribution >= 4 is 50.7 Å². The molecule has 102 valence electrons. The van der Waals surface area contributed by atoms with Gasteiger partial charge in [0.1, 0.15) is 4.90 Å². The number of hydrogen-bond donors (Lipinski definition) is 2. The number of halogens is 2. The van der Waals surface area contributed by atoms with Gasteiger partial charge in [0.2, 0.25) is 10.0 Å². The summed E-state index contributed by atoms with van der Waals surface area (Å²) < 4.78 is 26.6. The Labute approximate surface area is 121 Å². The van der Waals surface area contributed by atoms with E-state index >= 15 is 0 Å². The Hall–Kier alpha value is -0.140. The van der Waals surface area contributed by atoms with Crippen LogP contribution in [0.2, 0.25) is 10.0 Å². The standard InChI is InChI=1S/C10H14Cl2N2O2S2/c1-6(17-2)5-14-18(15,16)10-8(12)3-7(11)4-9(10)13/h3-4,6,14H,5,13H2,1-2H3. The molecule has 4 nitrogen and oxygen atoms in total. The fraction of sp³-hybridized carbons (Fsp3) is 0.400. The number of hydrogen-bond acceptors (Lipinski definition) is 4. The summed E-state index contributed by atoms with van der Waals surface area (Å²) in [5.74, 6) is 0. The molecule has 1 unspecified atom stereocenters. The van der Waals surface area contributed by atoms with E-state index < -0.39 is 10.0 Å². The molecular formula is C10H14Cl2N2O2S2. The second-order valence-electron chi connectivity index (χ2n) is 3.70. The SMILES string of the molecule is CSC(C)CNS(=O)(=O)c1c(N)cc(Cl)cc1Cl. The fourth-order valence-corrected chi connectivity index (χ4v) is 3.71. The van der Waals surface area contributed by atoms with Crippen LogP contribution in [0.25, 0.3) is 0 Å². The molecule has 0 fully saturated rings. The number of nitrogens with two attached hydrogens (primary N) is 1. The van der Waals surface area contributed by atoms with Crippen LogP contribution in [0.4, 0.5) is 5.69 Å². The van der Waals surface area contributed by atoms with Gasteiger partial charge < -0.3 is 5.73 Å². The molecule has 1 atom stereocenters. The predicted octanol–water partition coefficient (Wildman–Crippen LogP) is 2.61. The molecule has 0 saturated carbocycles. The lowest BCUT2D eigenvalue weighted by molar-refractivity contribution is 0.582. The van der Waals surface area contributed by atoms with Crippen LogP contribution < -0.4 is 10.5 Å². The number of rotatable bonds is 5. The Kier molecular flexibility index (Phi) is 5.61. The van der Waals surface area contributed by atoms with Crippen molar-refractivity contribution in [1.82, 2.24) is 4.72 Å². The van der Waals surface area contributed by atoms with Gasteiger partial charge in [-0.25, -0.2) is 13.1 Å². The van der Waals surface area contributed by atoms with Gasteiger partial charge in [0.25, 0.3) is 0 Å². The Morgan fingerprint density at radius 3 is 2.56 bits per heavy atom. The average molecular weight is 329 g/mol. The molecule has 0 amide bonds. The molecule has 0 radical (unpaired) electrons. The van der Waals surface area contributed by atoms with Crippen LogP contribution in [0, 0.1) is 0 Å². The number of anilines is 1. The molecule has 0 aliphatic heterocycles. The monoisotopic (exact) mass is 328 g/mol. The highest BCUT2D eigenvalue weighted by atomic mass is 35.5. The zero-order chi connectivity index (χ0) is 13.9. The molecule has 0 spiro atoms. The van der Waals surface area contributed by atoms with Gasteiger partial charge in [-0.3, -0.25) is 0 Å². The largest absolute Gasteiger partial charge is 0.398 e. The van der Waals surface area contributed by atoms with Crippen LogP contribution in [0.5, 0.6) is 0 Å². The van der Waals surface area contributed by atoms with Gasteiger partial charge >= 0.3 is 0 Å². The molecule has 0 aliphatic carbocycles. The first-order valence-electron chi connectivity index (χ1n) is 5.05. The number of nitrogens with one attached hydrogen (secondary N) is 1. The number of thioether (sulfide) groups is 1. The number of sulfonamides is 1. The van der Waals surface area contributed by atoms with Crippen molar-refractivity contribution in [3.05, 3.63) is 22.2 Å². The highest BCUT2D eigenvalue weighted by Crippen LogP contribution is 2.30. The van der Waals surface area contributed by atoms with E-state index in [2.05, 4.69) is 4.72 Å². The highest BCUT2D eigenvalue weighted by Gasteiger charge is 2.22. The summed E-state index contributed by atoms with van der Waals surface area (Å²) in [6.45, 7) is 2.22. The summed E-state index contributed by atoms with van der Waals surface area (Å²) in [5, 5.41) is 0.477. The van der Waals surface area contributed by atoms with Crippen LogP contribution in [0.3, 0.4) is 0 Å². The highest BCUT2D eigenvalue weighted by molar-refractivity contribution is 7.99. The van der Waals surface area contributed by atoms with Gasteiger partial charge in [0, 0.05) is 16.8 Å². The van der Waals surface area contributed by atoms with Crippen LogP contribution >= 0.6 is 35.0 Å². The van der Waals surface area contributed by atoms with E-state index in [1.807, 2.05) is 13.2 Å². The quantitative estimate of drug-likeness (QED) is 0.815. The van der Waals surface area contributed by atoms with Gasteiger partial charge in [-0.1, -0.05) is 30.1 Å². The van der Waals surface area contributed by atoms with Crippen molar-refractivity contribution in [2.45, 2.75) is 17.1 Å². The second-order valence-corrected chi connectivity index (χ2v) is 7.53. The van der Waals surface area contributed by atoms with Gasteiger partial charge in [-0.2, -0.15) is 11.8 Å². The maximum Gasteiger partial charge on any atom is 0.244 e. The molecule has 0 saturated heterocycles. The summed E-state index contributed by atoms with van der Waals surface area (Å²) in [4.78, 5) is -0.123. The zero-order valence-electron chi connectivity index (χ0n) is 9.91. The van der Waals surface area contributed by atoms with Crippen molar-refractivity contribution in [3.63, 3.8) is 0 Å². The predicted molar refractivity (Wildman–Crippen MR) is 79.0 cm³/mol. The minimum atomic E-state index is -3.72. The van der Waals surface area contributed by atoms with E-state index in [-0.39, 0.29) is 20.9 Å². The van der Waals surface area contributed by atoms with E-state index in [0.29, 0.717) is 11.6 Å². The first-order valence-corrected chi connectivity index (χ1v) is 8.57. The third kappa shape index (κ3) is 3.93. The van der Waals surface area contributed by atoms with E-state index in [1.165, 1.54) is 12.1 Å². The lowest BCUT2D eigenvalue weighted by atomic mass is 10.3. The minimum absolute atomic E-state index is 0.0179. The molecule has 18 heavy (non-hydrogen) atoms. The number of benzene rings is 1. The zero-order valence-corrected chi connectivity index (χ0v) is 13.1. The maximum atomic E-state index is 12.1. The van der Waals surface area contributed by atoms with Crippen molar-refractivity contribution in [1.29, 1.82) is 0 Å². The van der Waals surface area contributed by atoms with Crippen molar-refractivity contribution in [2.24, 2.45) is 0 Å². The van der Waals surface area contributed by atoms with Crippen molar-refractivity contribution in [2.75, 3.05) is 18.5 Å². The van der Waals surface area contributed by atoms with Gasteiger partial charge in [0.05, 0.1) is 10.7 Å². The smallest absolute Gasteiger partial charge is 0.244 e. The van der Waals surface area contributed by atoms with Crippen LogP contribution in [0.15, 0.2) is 17.0 Å². The lowest BCUT2D eigenvalue weighted by Gasteiger charge is -2.13. The second kappa shape index (κ2) is 6.34. The molecule has 0 aliphatic rings. The summed E-state index contributed by atoms with van der Waals surface area (Å²) in [6.07, 6.45) is 1.91. The Bertz CT molecular complexity index is 512. The first kappa shape index (κ1) is 15.9. The third-order valence-electron chi connectivity index (χ3n) is 2.27. The number of nitrogen functional groups attached to an aromatic ring is 1. The van der Waals surface area contributed by atoms with Crippen molar-refractivity contribution in [3.8, 4) is 0 Å². The average Bonchev–Trinajstić information content (AvgIpc) is 2.24. The molecule has 0 aromatic heterocycles. The first-order chi connectivity index (χ1) is 8.27. The molecule has 1 aromatic rings. The van der Waals surface area contributed by atoms with Crippen LogP contribution in [-0.4, -0.2) is 26.5 Å². The van der Waals surface area contributed by atoms with Gasteiger partial charge in [0.15, 0.2) is 0 Å². The van der Waals surface area contributed by atoms with Gasteiger partial charge in [-0.05, 0) is 18.4 Å². The Morgan fingerprint density at radius 2 is 2.06 bits per heavy atom. The van der Waals surface area contributed by atoms with E-state index in [4.69, 9.17) is 28.9 Å². The molecule has 1 rings (SSSR count). The molecule has 0 heterocycles. The summed E-state index contributed by atoms with van der Waals surface area (Å²) >= 11 is 13.2. The molecule has 3 N–H and O–H groups in total. The molecule has 0 bridgehead atoms. The Balaban J connectivity index is 3.06. The van der Waals surface area contributed by atoms with Crippen LogP contribution in [-0.2, 0) is 10.0 Å². The van der Waals surface area contributed by atoms with E-state index in [1.54, 1.807) is 11.8 Å². The van der Waals surface area contributed by atoms with E-state index in [9.17, 15) is 8.42 Å². The maximum absolute atomic E-state index is 12.1. The fourth-order valence-electron chi connectivity index (χ4n) is 1.25. The molecule has 8 heteroatoms. The Morgan fingerprint density at radius 1 is 1.44 bits per heavy atom.